The highest BCUT2D eigenvalue weighted by Crippen LogP contribution is 2.28. The van der Waals surface area contributed by atoms with Gasteiger partial charge in [0, 0.05) is 23.9 Å². The zero-order valence-electron chi connectivity index (χ0n) is 21.0. The summed E-state index contributed by atoms with van der Waals surface area (Å²) in [4.78, 5) is 33.6. The highest BCUT2D eigenvalue weighted by Gasteiger charge is 2.13. The number of carbonyl (C=O) groups excluding carboxylic acids is 1. The molecular weight excluding hydrogens is 487 g/mol. The maximum absolute atomic E-state index is 14.9. The van der Waals surface area contributed by atoms with E-state index < -0.39 is 6.09 Å². The summed E-state index contributed by atoms with van der Waals surface area (Å²) in [5, 5.41) is 10.7. The number of aromatic amines is 2. The van der Waals surface area contributed by atoms with Crippen molar-refractivity contribution >= 4 is 33.8 Å². The predicted octanol–water partition coefficient (Wildman–Crippen LogP) is 4.70. The Kier molecular flexibility index (Phi) is 7.14. The Morgan fingerprint density at radius 2 is 1.89 bits per heavy atom. The first kappa shape index (κ1) is 25.1. The van der Waals surface area contributed by atoms with Crippen LogP contribution in [-0.4, -0.2) is 58.4 Å². The summed E-state index contributed by atoms with van der Waals surface area (Å²) in [5.41, 5.74) is 3.61. The number of nitrogens with zero attached hydrogens (tertiary/aromatic N) is 3. The molecule has 38 heavy (non-hydrogen) atoms. The average molecular weight is 515 g/mol. The largest absolute Gasteiger partial charge is 0.449 e. The molecule has 0 saturated carbocycles. The Morgan fingerprint density at radius 1 is 1.08 bits per heavy atom. The van der Waals surface area contributed by atoms with Gasteiger partial charge in [0.2, 0.25) is 5.95 Å². The van der Waals surface area contributed by atoms with Crippen molar-refractivity contribution < 1.29 is 13.9 Å². The molecule has 10 heteroatoms. The van der Waals surface area contributed by atoms with Gasteiger partial charge >= 0.3 is 6.09 Å². The number of hydrogen-bond donors (Lipinski definition) is 3. The fourth-order valence-corrected chi connectivity index (χ4v) is 4.31. The van der Waals surface area contributed by atoms with Gasteiger partial charge in [-0.25, -0.2) is 19.3 Å². The van der Waals surface area contributed by atoms with Crippen molar-refractivity contribution in [2.75, 3.05) is 32.6 Å². The summed E-state index contributed by atoms with van der Waals surface area (Å²) >= 11 is 0. The lowest BCUT2D eigenvalue weighted by molar-refractivity contribution is 0.156. The molecule has 0 radical (unpaired) electrons. The van der Waals surface area contributed by atoms with Crippen molar-refractivity contribution in [1.29, 1.82) is 0 Å². The summed E-state index contributed by atoms with van der Waals surface area (Å²) in [5.74, 6) is -0.123. The molecule has 5 aromatic rings. The number of nitrogens with one attached hydrogen (secondary N) is 3. The zero-order chi connectivity index (χ0) is 26.6. The first-order valence-electron chi connectivity index (χ1n) is 12.2. The number of ether oxygens (including phenoxy) is 1. The smallest absolute Gasteiger partial charge is 0.413 e. The minimum Gasteiger partial charge on any atom is -0.449 e. The number of halogens is 1. The van der Waals surface area contributed by atoms with Crippen LogP contribution >= 0.6 is 0 Å². The lowest BCUT2D eigenvalue weighted by Gasteiger charge is -2.09. The summed E-state index contributed by atoms with van der Waals surface area (Å²) < 4.78 is 20.1. The third kappa shape index (κ3) is 5.55. The highest BCUT2D eigenvalue weighted by atomic mass is 19.1. The highest BCUT2D eigenvalue weighted by molar-refractivity contribution is 5.88. The lowest BCUT2D eigenvalue weighted by Crippen LogP contribution is -2.19. The van der Waals surface area contributed by atoms with Gasteiger partial charge in [0.05, 0.1) is 28.7 Å². The third-order valence-corrected chi connectivity index (χ3v) is 6.17. The molecule has 2 aromatic heterocycles. The van der Waals surface area contributed by atoms with Crippen molar-refractivity contribution in [3.63, 3.8) is 0 Å². The number of imidazole rings is 1. The van der Waals surface area contributed by atoms with Crippen molar-refractivity contribution in [1.82, 2.24) is 25.1 Å². The normalized spacial score (nSPS) is 11.4. The van der Waals surface area contributed by atoms with Gasteiger partial charge in [0.1, 0.15) is 5.82 Å². The number of H-pyrrole nitrogens is 2. The molecule has 1 amide bonds. The molecule has 0 atom stereocenters. The van der Waals surface area contributed by atoms with Gasteiger partial charge in [0.25, 0.3) is 5.56 Å². The van der Waals surface area contributed by atoms with Crippen molar-refractivity contribution in [2.45, 2.75) is 12.8 Å². The number of fused-ring (bicyclic) bond motifs is 2. The van der Waals surface area contributed by atoms with E-state index in [1.54, 1.807) is 42.5 Å². The molecule has 3 aromatic carbocycles. The van der Waals surface area contributed by atoms with Gasteiger partial charge in [-0.05, 0) is 62.0 Å². The fraction of sp³-hybridized carbons (Fsp3) is 0.214. The molecule has 5 rings (SSSR count). The Morgan fingerprint density at radius 3 is 2.71 bits per heavy atom. The number of carbonyl (C=O) groups is 1. The standard InChI is InChI=1S/C28H27FN6O3/c1-35(2)12-5-13-38-28(37)32-27-30-23-11-9-18(16-25(23)31-27)21-14-17(8-10-22(21)29)15-24-19-6-3-4-7-20(19)26(36)34-33-24/h3-4,6-11,14,16H,5,12-13,15H2,1-2H3,(H,34,36)(H2,30,31,32,37). The van der Waals surface area contributed by atoms with Gasteiger partial charge in [-0.1, -0.05) is 30.3 Å². The first-order valence-corrected chi connectivity index (χ1v) is 12.2. The van der Waals surface area contributed by atoms with E-state index in [0.717, 1.165) is 23.9 Å². The fourth-order valence-electron chi connectivity index (χ4n) is 4.31. The van der Waals surface area contributed by atoms with E-state index in [4.69, 9.17) is 4.74 Å². The average Bonchev–Trinajstić information content (AvgIpc) is 3.30. The molecule has 0 bridgehead atoms. The summed E-state index contributed by atoms with van der Waals surface area (Å²) in [7, 11) is 3.91. The summed E-state index contributed by atoms with van der Waals surface area (Å²) in [6, 6.07) is 17.5. The van der Waals surface area contributed by atoms with Crippen LogP contribution < -0.4 is 10.9 Å². The SMILES string of the molecule is CN(C)CCCOC(=O)Nc1nc2cc(-c3cc(Cc4n[nH]c(=O)c5ccccc45)ccc3F)ccc2[nH]1. The van der Waals surface area contributed by atoms with Crippen LogP contribution in [-0.2, 0) is 11.2 Å². The van der Waals surface area contributed by atoms with Crippen molar-refractivity contribution in [3.05, 3.63) is 88.1 Å². The maximum Gasteiger partial charge on any atom is 0.413 e. The Hall–Kier alpha value is -4.57. The van der Waals surface area contributed by atoms with E-state index in [9.17, 15) is 14.0 Å². The van der Waals surface area contributed by atoms with E-state index in [2.05, 4.69) is 25.5 Å². The number of hydrogen-bond acceptors (Lipinski definition) is 6. The van der Waals surface area contributed by atoms with Crippen LogP contribution in [0.25, 0.3) is 32.9 Å². The Bertz CT molecular complexity index is 1680. The second kappa shape index (κ2) is 10.8. The van der Waals surface area contributed by atoms with Crippen LogP contribution in [0.1, 0.15) is 17.7 Å². The third-order valence-electron chi connectivity index (χ3n) is 6.17. The Balaban J connectivity index is 1.35. The molecule has 0 aliphatic heterocycles. The van der Waals surface area contributed by atoms with Crippen LogP contribution in [0.3, 0.4) is 0 Å². The van der Waals surface area contributed by atoms with E-state index in [-0.39, 0.29) is 17.3 Å². The van der Waals surface area contributed by atoms with E-state index in [0.29, 0.717) is 46.3 Å². The minimum absolute atomic E-state index is 0.247. The van der Waals surface area contributed by atoms with Crippen LogP contribution in [0.2, 0.25) is 0 Å². The quantitative estimate of drug-likeness (QED) is 0.259. The lowest BCUT2D eigenvalue weighted by atomic mass is 9.98. The van der Waals surface area contributed by atoms with Crippen molar-refractivity contribution in [3.8, 4) is 11.1 Å². The predicted molar refractivity (Wildman–Crippen MR) is 145 cm³/mol. The molecule has 0 aliphatic carbocycles. The molecular formula is C28H27FN6O3. The van der Waals surface area contributed by atoms with Gasteiger partial charge in [-0.15, -0.1) is 0 Å². The molecule has 0 aliphatic rings. The van der Waals surface area contributed by atoms with Crippen LogP contribution in [0.4, 0.5) is 15.1 Å². The molecule has 3 N–H and O–H groups in total. The van der Waals surface area contributed by atoms with Gasteiger partial charge in [0.15, 0.2) is 0 Å². The van der Waals surface area contributed by atoms with Crippen LogP contribution in [0, 0.1) is 5.82 Å². The maximum atomic E-state index is 14.9. The van der Waals surface area contributed by atoms with Crippen molar-refractivity contribution in [2.24, 2.45) is 0 Å². The molecule has 0 spiro atoms. The number of anilines is 1. The monoisotopic (exact) mass is 514 g/mol. The first-order chi connectivity index (χ1) is 18.4. The molecule has 0 saturated heterocycles. The summed E-state index contributed by atoms with van der Waals surface area (Å²) in [6.45, 7) is 1.12. The van der Waals surface area contributed by atoms with Gasteiger partial charge in [-0.3, -0.25) is 10.1 Å². The molecule has 0 fully saturated rings. The Labute approximate surface area is 217 Å². The van der Waals surface area contributed by atoms with E-state index in [1.807, 2.05) is 31.1 Å². The number of rotatable bonds is 8. The van der Waals surface area contributed by atoms with Crippen LogP contribution in [0.15, 0.2) is 65.5 Å². The molecule has 2 heterocycles. The van der Waals surface area contributed by atoms with Gasteiger partial charge in [-0.2, -0.15) is 5.10 Å². The van der Waals surface area contributed by atoms with Crippen LogP contribution in [0.5, 0.6) is 0 Å². The second-order valence-corrected chi connectivity index (χ2v) is 9.27. The van der Waals surface area contributed by atoms with Gasteiger partial charge < -0.3 is 14.6 Å². The minimum atomic E-state index is -0.592. The molecule has 0 unspecified atom stereocenters. The number of amides is 1. The van der Waals surface area contributed by atoms with E-state index in [1.165, 1.54) is 6.07 Å². The van der Waals surface area contributed by atoms with E-state index >= 15 is 0 Å². The summed E-state index contributed by atoms with van der Waals surface area (Å²) in [6.07, 6.45) is 0.549. The second-order valence-electron chi connectivity index (χ2n) is 9.27. The number of aromatic nitrogens is 4. The zero-order valence-corrected chi connectivity index (χ0v) is 21.0. The molecule has 194 valence electrons. The number of benzene rings is 3. The topological polar surface area (TPSA) is 116 Å². The molecule has 9 nitrogen and oxygen atoms in total.